The third-order valence-corrected chi connectivity index (χ3v) is 3.37. The number of likely N-dealkylation sites (tertiary alicyclic amines) is 1. The highest BCUT2D eigenvalue weighted by molar-refractivity contribution is 5.78. The average molecular weight is 273 g/mol. The molecule has 3 rings (SSSR count). The maximum Gasteiger partial charge on any atom is 0.300 e. The van der Waals surface area contributed by atoms with Crippen molar-refractivity contribution >= 4 is 11.6 Å². The van der Waals surface area contributed by atoms with Gasteiger partial charge in [0.15, 0.2) is 0 Å². The van der Waals surface area contributed by atoms with Gasteiger partial charge in [0.2, 0.25) is 11.7 Å². The second-order valence-corrected chi connectivity index (χ2v) is 4.69. The summed E-state index contributed by atoms with van der Waals surface area (Å²) in [5.74, 6) is 0.363. The highest BCUT2D eigenvalue weighted by Crippen LogP contribution is 2.09. The molecular weight excluding hydrogens is 258 g/mol. The van der Waals surface area contributed by atoms with Crippen molar-refractivity contribution in [2.24, 2.45) is 0 Å². The van der Waals surface area contributed by atoms with Gasteiger partial charge in [-0.1, -0.05) is 6.07 Å². The fraction of sp³-hybridized carbons (Fsp3) is 0.357. The third kappa shape index (κ3) is 2.36. The summed E-state index contributed by atoms with van der Waals surface area (Å²) in [7, 11) is 0. The smallest absolute Gasteiger partial charge is 0.300 e. The number of nitrogens with zero attached hydrogens (tertiary/aromatic N) is 3. The molecule has 0 aliphatic carbocycles. The molecule has 0 bridgehead atoms. The largest absolute Gasteiger partial charge is 0.485 e. The molecule has 0 spiro atoms. The Balaban J connectivity index is 1.70. The Morgan fingerprint density at radius 3 is 3.00 bits per heavy atom. The summed E-state index contributed by atoms with van der Waals surface area (Å²) in [6, 6.07) is 5.35. The minimum atomic E-state index is -0.233. The number of amides is 1. The van der Waals surface area contributed by atoms with Gasteiger partial charge in [0.05, 0.1) is 12.7 Å². The molecule has 1 aliphatic heterocycles. The van der Waals surface area contributed by atoms with E-state index in [1.54, 1.807) is 23.2 Å². The molecule has 0 N–H and O–H groups in total. The second-order valence-electron chi connectivity index (χ2n) is 4.69. The van der Waals surface area contributed by atoms with Crippen molar-refractivity contribution < 1.29 is 9.53 Å². The van der Waals surface area contributed by atoms with Gasteiger partial charge in [-0.2, -0.15) is 0 Å². The number of fused-ring (bicyclic) bond motifs is 1. The molecule has 1 aliphatic rings. The predicted octanol–water partition coefficient (Wildman–Crippen LogP) is 0.696. The highest BCUT2D eigenvalue weighted by Gasteiger charge is 2.19. The van der Waals surface area contributed by atoms with Gasteiger partial charge < -0.3 is 9.64 Å². The van der Waals surface area contributed by atoms with Crippen molar-refractivity contribution in [3.05, 3.63) is 40.9 Å². The van der Waals surface area contributed by atoms with Crippen LogP contribution in [0.15, 0.2) is 35.4 Å². The fourth-order valence-electron chi connectivity index (χ4n) is 2.31. The normalized spacial score (nSPS) is 15.0. The summed E-state index contributed by atoms with van der Waals surface area (Å²) in [5, 5.41) is 0. The van der Waals surface area contributed by atoms with E-state index in [9.17, 15) is 9.59 Å². The number of hydrogen-bond donors (Lipinski definition) is 0. The van der Waals surface area contributed by atoms with Gasteiger partial charge in [0.25, 0.3) is 5.56 Å². The molecule has 1 amide bonds. The van der Waals surface area contributed by atoms with E-state index in [-0.39, 0.29) is 17.2 Å². The predicted molar refractivity (Wildman–Crippen MR) is 72.8 cm³/mol. The second kappa shape index (κ2) is 5.32. The zero-order valence-electron chi connectivity index (χ0n) is 11.0. The zero-order chi connectivity index (χ0) is 13.9. The maximum absolute atomic E-state index is 12.1. The Labute approximate surface area is 115 Å². The lowest BCUT2D eigenvalue weighted by Gasteiger charge is -2.15. The number of aromatic nitrogens is 2. The minimum Gasteiger partial charge on any atom is -0.485 e. The van der Waals surface area contributed by atoms with E-state index in [1.807, 2.05) is 6.07 Å². The van der Waals surface area contributed by atoms with Crippen LogP contribution in [0.1, 0.15) is 12.8 Å². The summed E-state index contributed by atoms with van der Waals surface area (Å²) in [4.78, 5) is 29.5. The zero-order valence-corrected chi connectivity index (χ0v) is 11.0. The molecule has 2 aromatic rings. The van der Waals surface area contributed by atoms with E-state index >= 15 is 0 Å². The van der Waals surface area contributed by atoms with Gasteiger partial charge in [0, 0.05) is 19.2 Å². The lowest BCUT2D eigenvalue weighted by Crippen LogP contribution is -2.30. The highest BCUT2D eigenvalue weighted by atomic mass is 16.5. The topological polar surface area (TPSA) is 63.9 Å². The van der Waals surface area contributed by atoms with Crippen molar-refractivity contribution in [1.82, 2.24) is 14.3 Å². The van der Waals surface area contributed by atoms with Gasteiger partial charge >= 0.3 is 0 Å². The van der Waals surface area contributed by atoms with Crippen molar-refractivity contribution in [2.75, 3.05) is 19.7 Å². The van der Waals surface area contributed by atoms with Crippen molar-refractivity contribution in [1.29, 1.82) is 0 Å². The van der Waals surface area contributed by atoms with Crippen LogP contribution in [0.25, 0.3) is 5.65 Å². The van der Waals surface area contributed by atoms with E-state index in [0.29, 0.717) is 25.2 Å². The molecule has 104 valence electrons. The average Bonchev–Trinajstić information content (AvgIpc) is 2.87. The minimum absolute atomic E-state index is 0.155. The molecule has 6 nitrogen and oxygen atoms in total. The van der Waals surface area contributed by atoms with Crippen LogP contribution >= 0.6 is 0 Å². The molecular formula is C14H15N3O3. The first-order valence-electron chi connectivity index (χ1n) is 6.63. The molecule has 2 aromatic heterocycles. The van der Waals surface area contributed by atoms with E-state index in [0.717, 1.165) is 13.0 Å². The standard InChI is InChI=1S/C14H15N3O3/c18-13-5-3-6-16(13)8-9-20-11-10-15-12-4-1-2-7-17(12)14(11)19/h1-2,4,7,10H,3,5-6,8-9H2. The lowest BCUT2D eigenvalue weighted by molar-refractivity contribution is -0.128. The van der Waals surface area contributed by atoms with Gasteiger partial charge in [-0.25, -0.2) is 4.98 Å². The number of pyridine rings is 1. The summed E-state index contributed by atoms with van der Waals surface area (Å²) in [5.41, 5.74) is 0.350. The van der Waals surface area contributed by atoms with E-state index in [1.165, 1.54) is 10.6 Å². The first kappa shape index (κ1) is 12.7. The number of ether oxygens (including phenoxy) is 1. The monoisotopic (exact) mass is 273 g/mol. The van der Waals surface area contributed by atoms with Crippen LogP contribution in [0.5, 0.6) is 5.75 Å². The van der Waals surface area contributed by atoms with E-state index in [2.05, 4.69) is 4.98 Å². The van der Waals surface area contributed by atoms with E-state index < -0.39 is 0 Å². The third-order valence-electron chi connectivity index (χ3n) is 3.37. The Kier molecular flexibility index (Phi) is 3.37. The van der Waals surface area contributed by atoms with Crippen LogP contribution in [-0.2, 0) is 4.79 Å². The summed E-state index contributed by atoms with van der Waals surface area (Å²) < 4.78 is 6.91. The molecule has 0 atom stereocenters. The van der Waals surface area contributed by atoms with Crippen LogP contribution in [0.3, 0.4) is 0 Å². The van der Waals surface area contributed by atoms with Crippen molar-refractivity contribution in [3.63, 3.8) is 0 Å². The fourth-order valence-corrected chi connectivity index (χ4v) is 2.31. The lowest BCUT2D eigenvalue weighted by atomic mass is 10.4. The molecule has 20 heavy (non-hydrogen) atoms. The number of carbonyl (C=O) groups excluding carboxylic acids is 1. The first-order chi connectivity index (χ1) is 9.75. The maximum atomic E-state index is 12.1. The molecule has 1 saturated heterocycles. The van der Waals surface area contributed by atoms with E-state index in [4.69, 9.17) is 4.74 Å². The van der Waals surface area contributed by atoms with Crippen LogP contribution in [0.4, 0.5) is 0 Å². The number of rotatable bonds is 4. The molecule has 0 radical (unpaired) electrons. The molecule has 0 aromatic carbocycles. The SMILES string of the molecule is O=C1CCCN1CCOc1cnc2ccccn2c1=O. The molecule has 3 heterocycles. The number of carbonyl (C=O) groups is 1. The summed E-state index contributed by atoms with van der Waals surface area (Å²) >= 11 is 0. The van der Waals surface area contributed by atoms with Crippen molar-refractivity contribution in [2.45, 2.75) is 12.8 Å². The van der Waals surface area contributed by atoms with Gasteiger partial charge in [0.1, 0.15) is 12.3 Å². The van der Waals surface area contributed by atoms with Crippen LogP contribution < -0.4 is 10.3 Å². The Morgan fingerprint density at radius 1 is 1.30 bits per heavy atom. The molecule has 0 unspecified atom stereocenters. The quantitative estimate of drug-likeness (QED) is 0.822. The number of hydrogen-bond acceptors (Lipinski definition) is 4. The summed E-state index contributed by atoms with van der Waals surface area (Å²) in [6.07, 6.45) is 4.60. The molecule has 0 saturated carbocycles. The molecule has 1 fully saturated rings. The Bertz CT molecular complexity index is 695. The van der Waals surface area contributed by atoms with Gasteiger partial charge in [-0.05, 0) is 18.6 Å². The van der Waals surface area contributed by atoms with Crippen molar-refractivity contribution in [3.8, 4) is 5.75 Å². The summed E-state index contributed by atoms with van der Waals surface area (Å²) in [6.45, 7) is 1.59. The molecule has 6 heteroatoms. The Morgan fingerprint density at radius 2 is 2.20 bits per heavy atom. The van der Waals surface area contributed by atoms with Crippen LogP contribution in [-0.4, -0.2) is 39.9 Å². The Hall–Kier alpha value is -2.37. The van der Waals surface area contributed by atoms with Crippen LogP contribution in [0.2, 0.25) is 0 Å². The first-order valence-corrected chi connectivity index (χ1v) is 6.63. The van der Waals surface area contributed by atoms with Gasteiger partial charge in [-0.15, -0.1) is 0 Å². The van der Waals surface area contributed by atoms with Gasteiger partial charge in [-0.3, -0.25) is 14.0 Å². The van der Waals surface area contributed by atoms with Crippen LogP contribution in [0, 0.1) is 0 Å².